The van der Waals surface area contributed by atoms with Gasteiger partial charge in [-0.3, -0.25) is 4.79 Å². The number of aryl methyl sites for hydroxylation is 1. The normalized spacial score (nSPS) is 15.9. The molecule has 1 aliphatic rings. The summed E-state index contributed by atoms with van der Waals surface area (Å²) in [6.07, 6.45) is 8.27. The second-order valence-electron chi connectivity index (χ2n) is 5.85. The first-order valence-electron chi connectivity index (χ1n) is 8.44. The number of piperazine rings is 1. The maximum Gasteiger partial charge on any atom is 0.246 e. The van der Waals surface area contributed by atoms with Crippen molar-refractivity contribution in [2.24, 2.45) is 0 Å². The van der Waals surface area contributed by atoms with Gasteiger partial charge in [0.05, 0.1) is 10.2 Å². The predicted octanol–water partition coefficient (Wildman–Crippen LogP) is 3.64. The summed E-state index contributed by atoms with van der Waals surface area (Å²) in [7, 11) is 0. The molecule has 0 spiro atoms. The topological polar surface area (TPSA) is 36.4 Å². The van der Waals surface area contributed by atoms with E-state index in [1.54, 1.807) is 23.5 Å². The molecule has 0 bridgehead atoms. The molecule has 1 aromatic carbocycles. The minimum Gasteiger partial charge on any atom is -0.345 e. The number of hydrogen-bond acceptors (Lipinski definition) is 4. The molecule has 2 heterocycles. The Hall–Kier alpha value is -2.14. The Balaban J connectivity index is 1.65. The number of carbonyl (C=O) groups excluding carboxylic acids is 1. The maximum atomic E-state index is 12.1. The monoisotopic (exact) mass is 341 g/mol. The van der Waals surface area contributed by atoms with Gasteiger partial charge in [0.2, 0.25) is 5.91 Å². The molecule has 24 heavy (non-hydrogen) atoms. The zero-order valence-corrected chi connectivity index (χ0v) is 15.1. The Morgan fingerprint density at radius 2 is 2.04 bits per heavy atom. The van der Waals surface area contributed by atoms with Crippen LogP contribution >= 0.6 is 11.3 Å². The number of aromatic nitrogens is 1. The van der Waals surface area contributed by atoms with Crippen molar-refractivity contribution in [1.82, 2.24) is 9.88 Å². The number of carbonyl (C=O) groups is 1. The number of hydrogen-bond donors (Lipinski definition) is 0. The van der Waals surface area contributed by atoms with Gasteiger partial charge in [0.1, 0.15) is 0 Å². The Kier molecular flexibility index (Phi) is 5.30. The Morgan fingerprint density at radius 3 is 2.75 bits per heavy atom. The van der Waals surface area contributed by atoms with E-state index in [1.165, 1.54) is 10.3 Å². The van der Waals surface area contributed by atoms with Crippen LogP contribution in [0, 0.1) is 0 Å². The van der Waals surface area contributed by atoms with Crippen LogP contribution in [0.3, 0.4) is 0 Å². The van der Waals surface area contributed by atoms with Crippen molar-refractivity contribution in [3.05, 3.63) is 48.1 Å². The van der Waals surface area contributed by atoms with Gasteiger partial charge in [0.15, 0.2) is 5.13 Å². The van der Waals surface area contributed by atoms with E-state index >= 15 is 0 Å². The van der Waals surface area contributed by atoms with Crippen LogP contribution in [0.5, 0.6) is 0 Å². The van der Waals surface area contributed by atoms with Crippen LogP contribution in [0.1, 0.15) is 19.4 Å². The molecule has 3 rings (SSSR count). The Bertz CT molecular complexity index is 770. The molecule has 2 aromatic rings. The molecule has 0 aliphatic carbocycles. The lowest BCUT2D eigenvalue weighted by molar-refractivity contribution is -0.126. The maximum absolute atomic E-state index is 12.1. The van der Waals surface area contributed by atoms with E-state index in [4.69, 9.17) is 4.98 Å². The van der Waals surface area contributed by atoms with Crippen LogP contribution in [-0.2, 0) is 11.2 Å². The van der Waals surface area contributed by atoms with Gasteiger partial charge >= 0.3 is 0 Å². The van der Waals surface area contributed by atoms with Crippen molar-refractivity contribution >= 4 is 32.6 Å². The third-order valence-electron chi connectivity index (χ3n) is 4.25. The van der Waals surface area contributed by atoms with Gasteiger partial charge in [-0.1, -0.05) is 42.6 Å². The van der Waals surface area contributed by atoms with E-state index in [-0.39, 0.29) is 5.91 Å². The van der Waals surface area contributed by atoms with Gasteiger partial charge < -0.3 is 9.80 Å². The van der Waals surface area contributed by atoms with Crippen molar-refractivity contribution in [2.75, 3.05) is 31.1 Å². The molecule has 1 aromatic heterocycles. The summed E-state index contributed by atoms with van der Waals surface area (Å²) >= 11 is 1.75. The third kappa shape index (κ3) is 3.67. The molecule has 0 radical (unpaired) electrons. The number of fused-ring (bicyclic) bond motifs is 1. The first-order chi connectivity index (χ1) is 11.7. The van der Waals surface area contributed by atoms with E-state index < -0.39 is 0 Å². The van der Waals surface area contributed by atoms with E-state index in [0.717, 1.165) is 43.2 Å². The number of rotatable bonds is 4. The highest BCUT2D eigenvalue weighted by molar-refractivity contribution is 7.22. The third-order valence-corrected chi connectivity index (χ3v) is 5.33. The van der Waals surface area contributed by atoms with Crippen molar-refractivity contribution in [2.45, 2.75) is 20.3 Å². The lowest BCUT2D eigenvalue weighted by Crippen LogP contribution is -2.48. The number of benzene rings is 1. The number of amides is 1. The molecule has 4 nitrogen and oxygen atoms in total. The fourth-order valence-corrected chi connectivity index (χ4v) is 3.87. The fraction of sp³-hybridized carbons (Fsp3) is 0.368. The SMILES string of the molecule is C/C=C/C=C/C(=O)N1CCN(c2nc3ccc(CC)cc3s2)CC1. The average molecular weight is 341 g/mol. The second-order valence-corrected chi connectivity index (χ2v) is 6.86. The predicted molar refractivity (Wildman–Crippen MR) is 102 cm³/mol. The van der Waals surface area contributed by atoms with Crippen molar-refractivity contribution in [3.63, 3.8) is 0 Å². The standard InChI is InChI=1S/C19H23N3OS/c1-3-5-6-7-18(23)21-10-12-22(13-11-21)19-20-16-9-8-15(4-2)14-17(16)24-19/h3,5-9,14H,4,10-13H2,1-2H3/b5-3+,7-6+. The van der Waals surface area contributed by atoms with Gasteiger partial charge in [-0.15, -0.1) is 0 Å². The van der Waals surface area contributed by atoms with Crippen LogP contribution in [0.15, 0.2) is 42.5 Å². The van der Waals surface area contributed by atoms with Gasteiger partial charge in [-0.05, 0) is 31.0 Å². The van der Waals surface area contributed by atoms with Crippen molar-refractivity contribution in [1.29, 1.82) is 0 Å². The average Bonchev–Trinajstić information content (AvgIpc) is 3.05. The lowest BCUT2D eigenvalue weighted by Gasteiger charge is -2.34. The highest BCUT2D eigenvalue weighted by Crippen LogP contribution is 2.30. The molecule has 1 amide bonds. The number of nitrogens with zero attached hydrogens (tertiary/aromatic N) is 3. The molecular formula is C19H23N3OS. The van der Waals surface area contributed by atoms with Crippen LogP contribution in [-0.4, -0.2) is 42.0 Å². The van der Waals surface area contributed by atoms with E-state index in [2.05, 4.69) is 30.0 Å². The van der Waals surface area contributed by atoms with Crippen LogP contribution in [0.4, 0.5) is 5.13 Å². The summed E-state index contributed by atoms with van der Waals surface area (Å²) in [5.74, 6) is 0.0876. The molecule has 0 unspecified atom stereocenters. The Morgan fingerprint density at radius 1 is 1.25 bits per heavy atom. The van der Waals surface area contributed by atoms with Crippen LogP contribution < -0.4 is 4.90 Å². The number of thiazole rings is 1. The number of allylic oxidation sites excluding steroid dienone is 3. The fourth-order valence-electron chi connectivity index (χ4n) is 2.78. The second kappa shape index (κ2) is 7.62. The van der Waals surface area contributed by atoms with Gasteiger partial charge in [0, 0.05) is 32.3 Å². The molecule has 1 saturated heterocycles. The minimum atomic E-state index is 0.0876. The number of anilines is 1. The Labute approximate surface area is 147 Å². The quantitative estimate of drug-likeness (QED) is 0.629. The van der Waals surface area contributed by atoms with Gasteiger partial charge in [-0.2, -0.15) is 0 Å². The van der Waals surface area contributed by atoms with Crippen LogP contribution in [0.25, 0.3) is 10.2 Å². The minimum absolute atomic E-state index is 0.0876. The highest BCUT2D eigenvalue weighted by Gasteiger charge is 2.21. The van der Waals surface area contributed by atoms with Crippen molar-refractivity contribution in [3.8, 4) is 0 Å². The van der Waals surface area contributed by atoms with Crippen molar-refractivity contribution < 1.29 is 4.79 Å². The zero-order chi connectivity index (χ0) is 16.9. The molecule has 0 atom stereocenters. The smallest absolute Gasteiger partial charge is 0.246 e. The summed E-state index contributed by atoms with van der Waals surface area (Å²) in [6, 6.07) is 6.50. The molecule has 126 valence electrons. The summed E-state index contributed by atoms with van der Waals surface area (Å²) in [6.45, 7) is 7.27. The van der Waals surface area contributed by atoms with Crippen LogP contribution in [0.2, 0.25) is 0 Å². The zero-order valence-electron chi connectivity index (χ0n) is 14.2. The summed E-state index contributed by atoms with van der Waals surface area (Å²) in [5, 5.41) is 1.06. The first kappa shape index (κ1) is 16.7. The molecule has 5 heteroatoms. The van der Waals surface area contributed by atoms with E-state index in [1.807, 2.05) is 24.0 Å². The molecule has 1 aliphatic heterocycles. The van der Waals surface area contributed by atoms with E-state index in [9.17, 15) is 4.79 Å². The highest BCUT2D eigenvalue weighted by atomic mass is 32.1. The molecule has 1 fully saturated rings. The summed E-state index contributed by atoms with van der Waals surface area (Å²) < 4.78 is 1.25. The van der Waals surface area contributed by atoms with Gasteiger partial charge in [0.25, 0.3) is 0 Å². The molecular weight excluding hydrogens is 318 g/mol. The summed E-state index contributed by atoms with van der Waals surface area (Å²) in [5.41, 5.74) is 2.42. The molecule has 0 saturated carbocycles. The largest absolute Gasteiger partial charge is 0.345 e. The van der Waals surface area contributed by atoms with E-state index in [0.29, 0.717) is 0 Å². The first-order valence-corrected chi connectivity index (χ1v) is 9.25. The summed E-state index contributed by atoms with van der Waals surface area (Å²) in [4.78, 5) is 21.1. The lowest BCUT2D eigenvalue weighted by atomic mass is 10.2. The van der Waals surface area contributed by atoms with Gasteiger partial charge in [-0.25, -0.2) is 4.98 Å². The molecule has 0 N–H and O–H groups in total.